The maximum absolute atomic E-state index is 11.8. The van der Waals surface area contributed by atoms with Gasteiger partial charge in [0.25, 0.3) is 5.89 Å². The number of aryl methyl sites for hydroxylation is 1. The molecule has 6 nitrogen and oxygen atoms in total. The third-order valence-corrected chi connectivity index (χ3v) is 5.02. The number of hydrogen-bond acceptors (Lipinski definition) is 5. The Morgan fingerprint density at radius 2 is 1.58 bits per heavy atom. The molecule has 1 N–H and O–H groups in total. The lowest BCUT2D eigenvalue weighted by Gasteiger charge is -2.19. The van der Waals surface area contributed by atoms with Gasteiger partial charge in [0.2, 0.25) is 0 Å². The van der Waals surface area contributed by atoms with E-state index in [1.165, 1.54) is 51.4 Å². The third-order valence-electron chi connectivity index (χ3n) is 5.02. The highest BCUT2D eigenvalue weighted by atomic mass is 16.5. The number of hydrogen-bond donors (Lipinski definition) is 1. The molecule has 6 heteroatoms. The van der Waals surface area contributed by atoms with Crippen molar-refractivity contribution >= 4 is 6.09 Å². The number of aromatic nitrogens is 2. The lowest BCUT2D eigenvalue weighted by Crippen LogP contribution is -2.40. The van der Waals surface area contributed by atoms with E-state index in [1.54, 1.807) is 0 Å². The second-order valence-electron chi connectivity index (χ2n) is 9.24. The van der Waals surface area contributed by atoms with E-state index in [4.69, 9.17) is 9.26 Å². The summed E-state index contributed by atoms with van der Waals surface area (Å²) in [6.07, 6.45) is 12.1. The quantitative estimate of drug-likeness (QED) is 0.353. The number of carbonyl (C=O) groups excluding carboxylic acids is 1. The van der Waals surface area contributed by atoms with Gasteiger partial charge >= 0.3 is 6.09 Å². The molecule has 0 fully saturated rings. The van der Waals surface area contributed by atoms with Crippen LogP contribution in [0, 0.1) is 0 Å². The molecule has 1 aromatic carbocycles. The van der Waals surface area contributed by atoms with Crippen LogP contribution in [0.15, 0.2) is 28.8 Å². The molecule has 2 aromatic rings. The predicted octanol–water partition coefficient (Wildman–Crippen LogP) is 6.83. The second kappa shape index (κ2) is 13.1. The van der Waals surface area contributed by atoms with Gasteiger partial charge in [-0.25, -0.2) is 4.79 Å². The van der Waals surface area contributed by atoms with Crippen LogP contribution in [0.3, 0.4) is 0 Å². The molecule has 1 heterocycles. The summed E-state index contributed by atoms with van der Waals surface area (Å²) in [4.78, 5) is 16.3. The Labute approximate surface area is 187 Å². The van der Waals surface area contributed by atoms with Crippen LogP contribution in [0.2, 0.25) is 0 Å². The number of nitrogens with zero attached hydrogens (tertiary/aromatic N) is 2. The van der Waals surface area contributed by atoms with Crippen LogP contribution < -0.4 is 5.32 Å². The number of amides is 1. The van der Waals surface area contributed by atoms with Crippen molar-refractivity contribution in [3.8, 4) is 11.5 Å². The van der Waals surface area contributed by atoms with Crippen molar-refractivity contribution in [2.24, 2.45) is 0 Å². The van der Waals surface area contributed by atoms with Crippen molar-refractivity contribution in [3.63, 3.8) is 0 Å². The largest absolute Gasteiger partial charge is 0.445 e. The van der Waals surface area contributed by atoms with Crippen LogP contribution in [0.25, 0.3) is 11.5 Å². The molecule has 0 saturated heterocycles. The molecular weight excluding hydrogens is 390 g/mol. The van der Waals surface area contributed by atoms with Gasteiger partial charge in [-0.3, -0.25) is 0 Å². The summed E-state index contributed by atoms with van der Waals surface area (Å²) in [5.41, 5.74) is 1.46. The molecule has 172 valence electrons. The van der Waals surface area contributed by atoms with Crippen molar-refractivity contribution in [1.29, 1.82) is 0 Å². The minimum atomic E-state index is -0.422. The molecule has 1 aromatic heterocycles. The second-order valence-corrected chi connectivity index (χ2v) is 9.24. The Morgan fingerprint density at radius 3 is 2.19 bits per heavy atom. The van der Waals surface area contributed by atoms with E-state index in [9.17, 15) is 4.79 Å². The van der Waals surface area contributed by atoms with Gasteiger partial charge in [0.1, 0.15) is 6.61 Å². The van der Waals surface area contributed by atoms with Crippen molar-refractivity contribution in [2.75, 3.05) is 0 Å². The third kappa shape index (κ3) is 10.5. The van der Waals surface area contributed by atoms with E-state index in [2.05, 4.69) is 22.4 Å². The summed E-state index contributed by atoms with van der Waals surface area (Å²) < 4.78 is 10.7. The topological polar surface area (TPSA) is 77.2 Å². The molecule has 0 aliphatic heterocycles. The fourth-order valence-corrected chi connectivity index (χ4v) is 3.30. The van der Waals surface area contributed by atoms with E-state index < -0.39 is 6.09 Å². The first-order chi connectivity index (χ1) is 14.9. The number of carbonyl (C=O) groups is 1. The van der Waals surface area contributed by atoms with E-state index in [0.29, 0.717) is 5.89 Å². The van der Waals surface area contributed by atoms with Gasteiger partial charge in [0.05, 0.1) is 0 Å². The number of rotatable bonds is 13. The molecule has 0 atom stereocenters. The number of nitrogens with one attached hydrogen (secondary N) is 1. The summed E-state index contributed by atoms with van der Waals surface area (Å²) in [7, 11) is 0. The van der Waals surface area contributed by atoms with Crippen molar-refractivity contribution < 1.29 is 14.1 Å². The van der Waals surface area contributed by atoms with E-state index in [0.717, 1.165) is 29.8 Å². The first-order valence-electron chi connectivity index (χ1n) is 11.7. The Hall–Kier alpha value is -2.37. The fraction of sp³-hybridized carbons (Fsp3) is 0.640. The molecular formula is C25H39N3O3. The summed E-state index contributed by atoms with van der Waals surface area (Å²) in [5.74, 6) is 1.30. The SMILES string of the molecule is CCCCCCCCCCCc1noc(-c2ccc(COC(=O)NC(C)(C)C)cc2)n1. The molecule has 0 radical (unpaired) electrons. The van der Waals surface area contributed by atoms with Crippen molar-refractivity contribution in [1.82, 2.24) is 15.5 Å². The minimum Gasteiger partial charge on any atom is -0.445 e. The van der Waals surface area contributed by atoms with Gasteiger partial charge < -0.3 is 14.6 Å². The Morgan fingerprint density at radius 1 is 0.968 bits per heavy atom. The Bertz CT molecular complexity index is 763. The zero-order chi connectivity index (χ0) is 22.5. The Kier molecular flexibility index (Phi) is 10.5. The molecule has 1 amide bonds. The number of ether oxygens (including phenoxy) is 1. The molecule has 31 heavy (non-hydrogen) atoms. The highest BCUT2D eigenvalue weighted by molar-refractivity contribution is 5.68. The molecule has 0 saturated carbocycles. The fourth-order valence-electron chi connectivity index (χ4n) is 3.30. The van der Waals surface area contributed by atoms with Gasteiger partial charge in [0.15, 0.2) is 5.82 Å². The van der Waals surface area contributed by atoms with Crippen molar-refractivity contribution in [3.05, 3.63) is 35.7 Å². The van der Waals surface area contributed by atoms with Crippen LogP contribution in [-0.2, 0) is 17.8 Å². The highest BCUT2D eigenvalue weighted by Gasteiger charge is 2.14. The van der Waals surface area contributed by atoms with E-state index >= 15 is 0 Å². The number of unbranched alkanes of at least 4 members (excludes halogenated alkanes) is 8. The smallest absolute Gasteiger partial charge is 0.407 e. The monoisotopic (exact) mass is 429 g/mol. The standard InChI is InChI=1S/C25H39N3O3/c1-5-6-7-8-9-10-11-12-13-14-22-26-23(31-28-22)21-17-15-20(16-18-21)19-30-24(29)27-25(2,3)4/h15-18H,5-14,19H2,1-4H3,(H,27,29). The first kappa shape index (κ1) is 24.9. The number of alkyl carbamates (subject to hydrolysis) is 1. The van der Waals surface area contributed by atoms with E-state index in [1.807, 2.05) is 45.0 Å². The average Bonchev–Trinajstić information content (AvgIpc) is 3.19. The van der Waals surface area contributed by atoms with Gasteiger partial charge in [-0.05, 0) is 44.9 Å². The van der Waals surface area contributed by atoms with Gasteiger partial charge in [-0.2, -0.15) is 4.98 Å². The maximum atomic E-state index is 11.8. The minimum absolute atomic E-state index is 0.218. The summed E-state index contributed by atoms with van der Waals surface area (Å²) >= 11 is 0. The van der Waals surface area contributed by atoms with Gasteiger partial charge in [0, 0.05) is 17.5 Å². The van der Waals surface area contributed by atoms with E-state index in [-0.39, 0.29) is 12.1 Å². The number of benzene rings is 1. The molecule has 0 bridgehead atoms. The molecule has 0 spiro atoms. The summed E-state index contributed by atoms with van der Waals surface area (Å²) in [5, 5.41) is 6.89. The zero-order valence-corrected chi connectivity index (χ0v) is 19.7. The zero-order valence-electron chi connectivity index (χ0n) is 19.7. The van der Waals surface area contributed by atoms with Crippen LogP contribution >= 0.6 is 0 Å². The van der Waals surface area contributed by atoms with Crippen LogP contribution in [0.5, 0.6) is 0 Å². The lowest BCUT2D eigenvalue weighted by atomic mass is 10.1. The van der Waals surface area contributed by atoms with Crippen LogP contribution in [-0.4, -0.2) is 21.8 Å². The lowest BCUT2D eigenvalue weighted by molar-refractivity contribution is 0.131. The van der Waals surface area contributed by atoms with Gasteiger partial charge in [-0.15, -0.1) is 0 Å². The van der Waals surface area contributed by atoms with Crippen LogP contribution in [0.4, 0.5) is 4.79 Å². The maximum Gasteiger partial charge on any atom is 0.407 e. The average molecular weight is 430 g/mol. The summed E-state index contributed by atoms with van der Waals surface area (Å²) in [6, 6.07) is 7.64. The Balaban J connectivity index is 1.68. The normalized spacial score (nSPS) is 11.5. The van der Waals surface area contributed by atoms with Crippen LogP contribution in [0.1, 0.15) is 96.9 Å². The van der Waals surface area contributed by atoms with Gasteiger partial charge in [-0.1, -0.05) is 75.6 Å². The molecule has 0 aliphatic carbocycles. The molecule has 2 rings (SSSR count). The molecule has 0 aliphatic rings. The summed E-state index contributed by atoms with van der Waals surface area (Å²) in [6.45, 7) is 8.21. The predicted molar refractivity (Wildman–Crippen MR) is 124 cm³/mol. The van der Waals surface area contributed by atoms with Crippen molar-refractivity contribution in [2.45, 2.75) is 104 Å². The highest BCUT2D eigenvalue weighted by Crippen LogP contribution is 2.19. The first-order valence-corrected chi connectivity index (χ1v) is 11.7. The molecule has 0 unspecified atom stereocenters.